The molecular formula is C27H34ClF2N4O8-. The second-order valence-corrected chi connectivity index (χ2v) is 11.0. The van der Waals surface area contributed by atoms with Crippen molar-refractivity contribution in [1.82, 2.24) is 10.2 Å². The molecule has 2 saturated heterocycles. The van der Waals surface area contributed by atoms with E-state index in [4.69, 9.17) is 31.9 Å². The number of benzene rings is 1. The number of alkyl halides is 2. The summed E-state index contributed by atoms with van der Waals surface area (Å²) in [6.07, 6.45) is 3.57. The van der Waals surface area contributed by atoms with E-state index in [9.17, 15) is 32.8 Å². The van der Waals surface area contributed by atoms with Crippen LogP contribution in [0.1, 0.15) is 62.7 Å². The van der Waals surface area contributed by atoms with Gasteiger partial charge in [0.25, 0.3) is 11.8 Å². The molecule has 1 aliphatic carbocycles. The Morgan fingerprint density at radius 2 is 1.93 bits per heavy atom. The van der Waals surface area contributed by atoms with Gasteiger partial charge >= 0.3 is 11.9 Å². The third-order valence-corrected chi connectivity index (χ3v) is 7.34. The summed E-state index contributed by atoms with van der Waals surface area (Å²) in [7, 11) is 0. The molecule has 4 atom stereocenters. The fourth-order valence-corrected chi connectivity index (χ4v) is 5.13. The van der Waals surface area contributed by atoms with Gasteiger partial charge < -0.3 is 35.8 Å². The van der Waals surface area contributed by atoms with E-state index in [-0.39, 0.29) is 28.9 Å². The van der Waals surface area contributed by atoms with E-state index in [1.54, 1.807) is 0 Å². The standard InChI is InChI=1S/C17H18ClF2N3O5.C10H16NO3/c1-8(15(26)23-7-17(19,20)6-13(23)16(27)28)21-14(25)10-3-4-12(11(18)5-10)22-9(2)24;11-8-5-9(12)14-10(8)13-6-7-3-1-2-4-7/h3-5,8,13H,6-7H2,1-2H3,(H,21,25)(H,22,24)(H,27,28);7-8,10-11H,1-6H2/q;-1. The van der Waals surface area contributed by atoms with Gasteiger partial charge in [-0.1, -0.05) is 30.5 Å². The van der Waals surface area contributed by atoms with Crippen molar-refractivity contribution >= 4 is 46.9 Å². The lowest BCUT2D eigenvalue weighted by atomic mass is 10.1. The lowest BCUT2D eigenvalue weighted by Crippen LogP contribution is -2.50. The van der Waals surface area contributed by atoms with Gasteiger partial charge in [-0.15, -0.1) is 0 Å². The first kappa shape index (κ1) is 33.1. The molecule has 0 aromatic heterocycles. The van der Waals surface area contributed by atoms with E-state index in [1.165, 1.54) is 57.7 Å². The van der Waals surface area contributed by atoms with E-state index in [0.717, 1.165) is 0 Å². The van der Waals surface area contributed by atoms with Crippen LogP contribution in [-0.2, 0) is 28.7 Å². The van der Waals surface area contributed by atoms with Gasteiger partial charge in [-0.2, -0.15) is 0 Å². The van der Waals surface area contributed by atoms with Gasteiger partial charge in [0.05, 0.1) is 23.9 Å². The quantitative estimate of drug-likeness (QED) is 0.372. The van der Waals surface area contributed by atoms with Crippen LogP contribution in [0.2, 0.25) is 5.02 Å². The summed E-state index contributed by atoms with van der Waals surface area (Å²) in [4.78, 5) is 58.3. The minimum atomic E-state index is -3.31. The van der Waals surface area contributed by atoms with Gasteiger partial charge in [0.2, 0.25) is 11.8 Å². The molecule has 0 radical (unpaired) electrons. The van der Waals surface area contributed by atoms with Crippen molar-refractivity contribution < 1.29 is 47.3 Å². The van der Waals surface area contributed by atoms with E-state index in [1.807, 2.05) is 0 Å². The average molecular weight is 616 g/mol. The highest BCUT2D eigenvalue weighted by Crippen LogP contribution is 2.33. The molecule has 4 rings (SSSR count). The van der Waals surface area contributed by atoms with Crippen LogP contribution < -0.4 is 10.6 Å². The predicted octanol–water partition coefficient (Wildman–Crippen LogP) is 3.62. The van der Waals surface area contributed by atoms with Crippen LogP contribution in [0, 0.1) is 5.92 Å². The number of carboxylic acid groups (broad SMARTS) is 1. The van der Waals surface area contributed by atoms with E-state index < -0.39 is 61.1 Å². The number of aliphatic carboxylic acids is 1. The van der Waals surface area contributed by atoms with Gasteiger partial charge in [-0.25, -0.2) is 13.6 Å². The number of cyclic esters (lactones) is 1. The molecule has 1 aromatic carbocycles. The maximum absolute atomic E-state index is 13.5. The summed E-state index contributed by atoms with van der Waals surface area (Å²) >= 11 is 5.99. The Hall–Kier alpha value is -3.36. The molecule has 232 valence electrons. The van der Waals surface area contributed by atoms with Crippen molar-refractivity contribution in [3.05, 3.63) is 34.5 Å². The number of carboxylic acids is 1. The zero-order valence-corrected chi connectivity index (χ0v) is 23.9. The zero-order valence-electron chi connectivity index (χ0n) is 23.2. The normalized spacial score (nSPS) is 23.9. The summed E-state index contributed by atoms with van der Waals surface area (Å²) in [5.41, 5.74) is 7.88. The number of esters is 1. The molecule has 1 aromatic rings. The molecule has 4 N–H and O–H groups in total. The van der Waals surface area contributed by atoms with Crippen LogP contribution in [0.4, 0.5) is 14.5 Å². The fourth-order valence-electron chi connectivity index (χ4n) is 4.90. The minimum Gasteiger partial charge on any atom is -0.669 e. The maximum atomic E-state index is 13.5. The van der Waals surface area contributed by atoms with Crippen LogP contribution >= 0.6 is 11.6 Å². The van der Waals surface area contributed by atoms with E-state index >= 15 is 0 Å². The fraction of sp³-hybridized carbons (Fsp3) is 0.593. The molecule has 2 aliphatic heterocycles. The molecule has 0 bridgehead atoms. The number of nitrogens with one attached hydrogen (secondary N) is 3. The summed E-state index contributed by atoms with van der Waals surface area (Å²) in [6.45, 7) is 2.17. The van der Waals surface area contributed by atoms with Crippen molar-refractivity contribution in [3.8, 4) is 0 Å². The lowest BCUT2D eigenvalue weighted by molar-refractivity contribution is -0.165. The molecular weight excluding hydrogens is 582 g/mol. The molecule has 3 fully saturated rings. The number of halogens is 3. The minimum absolute atomic E-state index is 0.0697. The Morgan fingerprint density at radius 1 is 1.26 bits per heavy atom. The summed E-state index contributed by atoms with van der Waals surface area (Å²) in [5.74, 6) is -6.54. The second kappa shape index (κ2) is 14.2. The van der Waals surface area contributed by atoms with Crippen molar-refractivity contribution in [2.24, 2.45) is 5.92 Å². The van der Waals surface area contributed by atoms with Gasteiger partial charge in [0.1, 0.15) is 12.1 Å². The number of likely N-dealkylation sites (tertiary alicyclic amines) is 1. The largest absolute Gasteiger partial charge is 0.669 e. The first-order chi connectivity index (χ1) is 19.7. The molecule has 4 unspecified atom stereocenters. The number of amides is 3. The van der Waals surface area contributed by atoms with E-state index in [2.05, 4.69) is 10.6 Å². The first-order valence-corrected chi connectivity index (χ1v) is 13.9. The molecule has 0 spiro atoms. The topological polar surface area (TPSA) is 175 Å². The SMILES string of the molecule is CC(=O)Nc1ccc(C(=O)NC(C)C(=O)N2CC(F)(F)CC2C(=O)O)cc1Cl.[NH-]C1CC(=O)OC1OCC1CCCC1. The third kappa shape index (κ3) is 9.07. The third-order valence-electron chi connectivity index (χ3n) is 7.03. The molecule has 15 heteroatoms. The second-order valence-electron chi connectivity index (χ2n) is 10.6. The number of nitrogens with zero attached hydrogens (tertiary/aromatic N) is 1. The van der Waals surface area contributed by atoms with Gasteiger partial charge in [-0.05, 0) is 43.9 Å². The van der Waals surface area contributed by atoms with Gasteiger partial charge in [-0.3, -0.25) is 19.2 Å². The number of carbonyl (C=O) groups excluding carboxylic acids is 4. The Bertz CT molecular complexity index is 1200. The maximum Gasteiger partial charge on any atom is 0.326 e. The molecule has 12 nitrogen and oxygen atoms in total. The highest BCUT2D eigenvalue weighted by Gasteiger charge is 2.50. The average Bonchev–Trinajstić information content (AvgIpc) is 3.62. The Labute approximate surface area is 246 Å². The number of carbonyl (C=O) groups is 5. The van der Waals surface area contributed by atoms with Gasteiger partial charge in [0.15, 0.2) is 6.29 Å². The smallest absolute Gasteiger partial charge is 0.326 e. The lowest BCUT2D eigenvalue weighted by Gasteiger charge is -2.25. The Morgan fingerprint density at radius 3 is 2.48 bits per heavy atom. The van der Waals surface area contributed by atoms with E-state index in [0.29, 0.717) is 23.1 Å². The monoisotopic (exact) mass is 615 g/mol. The number of ether oxygens (including phenoxy) is 2. The highest BCUT2D eigenvalue weighted by atomic mass is 35.5. The van der Waals surface area contributed by atoms with Crippen molar-refractivity contribution in [2.45, 2.75) is 82.7 Å². The summed E-state index contributed by atoms with van der Waals surface area (Å²) in [5, 5.41) is 14.0. The molecule has 1 saturated carbocycles. The van der Waals surface area contributed by atoms with Crippen LogP contribution in [0.3, 0.4) is 0 Å². The van der Waals surface area contributed by atoms with Crippen molar-refractivity contribution in [2.75, 3.05) is 18.5 Å². The molecule has 2 heterocycles. The summed E-state index contributed by atoms with van der Waals surface area (Å²) < 4.78 is 37.4. The van der Waals surface area contributed by atoms with Gasteiger partial charge in [0, 0.05) is 25.3 Å². The number of rotatable bonds is 8. The van der Waals surface area contributed by atoms with Crippen LogP contribution in [-0.4, -0.2) is 83.2 Å². The Balaban J connectivity index is 0.000000287. The van der Waals surface area contributed by atoms with Crippen molar-refractivity contribution in [3.63, 3.8) is 0 Å². The van der Waals surface area contributed by atoms with Crippen molar-refractivity contribution in [1.29, 1.82) is 0 Å². The molecule has 3 amide bonds. The zero-order chi connectivity index (χ0) is 31.2. The molecule has 42 heavy (non-hydrogen) atoms. The van der Waals surface area contributed by atoms with Crippen LogP contribution in [0.25, 0.3) is 5.73 Å². The number of hydrogen-bond donors (Lipinski definition) is 3. The highest BCUT2D eigenvalue weighted by molar-refractivity contribution is 6.34. The Kier molecular flexibility index (Phi) is 11.2. The summed E-state index contributed by atoms with van der Waals surface area (Å²) in [6, 6.07) is 0.596. The number of anilines is 1. The number of hydrogen-bond acceptors (Lipinski definition) is 7. The van der Waals surface area contributed by atoms with Crippen LogP contribution in [0.5, 0.6) is 0 Å². The predicted molar refractivity (Wildman–Crippen MR) is 146 cm³/mol. The first-order valence-electron chi connectivity index (χ1n) is 13.5. The van der Waals surface area contributed by atoms with Crippen LogP contribution in [0.15, 0.2) is 18.2 Å². The molecule has 3 aliphatic rings.